The Kier molecular flexibility index (Phi) is 5.59. The molecule has 9 heteroatoms. The molecule has 0 aliphatic carbocycles. The summed E-state index contributed by atoms with van der Waals surface area (Å²) in [4.78, 5) is 17.0. The lowest BCUT2D eigenvalue weighted by Crippen LogP contribution is -2.33. The number of halogens is 2. The van der Waals surface area contributed by atoms with Crippen LogP contribution >= 0.6 is 0 Å². The number of aromatic nitrogens is 1. The van der Waals surface area contributed by atoms with Crippen LogP contribution < -0.4 is 4.74 Å². The van der Waals surface area contributed by atoms with Crippen molar-refractivity contribution in [3.63, 3.8) is 0 Å². The number of sulfone groups is 1. The normalized spacial score (nSPS) is 13.9. The van der Waals surface area contributed by atoms with Gasteiger partial charge in [-0.25, -0.2) is 17.2 Å². The molecule has 2 heterocycles. The average molecular weight is 497 g/mol. The fourth-order valence-corrected chi connectivity index (χ4v) is 5.08. The number of aromatic amines is 1. The van der Waals surface area contributed by atoms with Gasteiger partial charge in [0.2, 0.25) is 0 Å². The van der Waals surface area contributed by atoms with Crippen molar-refractivity contribution in [1.82, 2.24) is 9.88 Å². The quantitative estimate of drug-likeness (QED) is 0.439. The number of rotatable bonds is 3. The van der Waals surface area contributed by atoms with Crippen molar-refractivity contribution in [2.24, 2.45) is 0 Å². The number of nitrogens with zero attached hydrogens (tertiary/aromatic N) is 1. The minimum Gasteiger partial charge on any atom is -0.491 e. The molecule has 0 fully saturated rings. The van der Waals surface area contributed by atoms with E-state index in [4.69, 9.17) is 4.74 Å². The number of H-pyrrole nitrogens is 1. The van der Waals surface area contributed by atoms with Gasteiger partial charge >= 0.3 is 0 Å². The highest BCUT2D eigenvalue weighted by Crippen LogP contribution is 2.32. The molecular weight excluding hydrogens is 474 g/mol. The predicted octanol–water partition coefficient (Wildman–Crippen LogP) is 4.86. The van der Waals surface area contributed by atoms with E-state index in [1.165, 1.54) is 4.90 Å². The number of hydrogen-bond acceptors (Lipinski definition) is 4. The van der Waals surface area contributed by atoms with Crippen molar-refractivity contribution in [2.75, 3.05) is 19.4 Å². The maximum absolute atomic E-state index is 14.7. The van der Waals surface area contributed by atoms with Crippen LogP contribution in [0.4, 0.5) is 8.78 Å². The van der Waals surface area contributed by atoms with Crippen LogP contribution in [0.2, 0.25) is 0 Å². The van der Waals surface area contributed by atoms with E-state index in [2.05, 4.69) is 11.1 Å². The molecule has 4 aromatic rings. The van der Waals surface area contributed by atoms with E-state index < -0.39 is 37.8 Å². The van der Waals surface area contributed by atoms with E-state index in [0.29, 0.717) is 17.9 Å². The molecule has 35 heavy (non-hydrogen) atoms. The summed E-state index contributed by atoms with van der Waals surface area (Å²) in [5.41, 5.74) is 4.18. The first kappa shape index (κ1) is 23.0. The van der Waals surface area contributed by atoms with Crippen molar-refractivity contribution >= 4 is 26.6 Å². The van der Waals surface area contributed by atoms with Crippen molar-refractivity contribution in [3.05, 3.63) is 83.1 Å². The second-order valence-electron chi connectivity index (χ2n) is 8.69. The third-order valence-corrected chi connectivity index (χ3v) is 7.18. The van der Waals surface area contributed by atoms with Crippen LogP contribution in [0.5, 0.6) is 5.75 Å². The number of carbonyl (C=O) groups is 1. The Morgan fingerprint density at radius 3 is 2.51 bits per heavy atom. The maximum atomic E-state index is 14.7. The Labute approximate surface area is 201 Å². The van der Waals surface area contributed by atoms with Gasteiger partial charge in [-0.05, 0) is 59.8 Å². The fourth-order valence-electron chi connectivity index (χ4n) is 4.35. The molecule has 0 saturated heterocycles. The number of nitrogens with one attached hydrogen (secondary N) is 1. The SMILES string of the molecule is Cc1cc2ccc(-c3ccc4c(c3)CN(C(=O)c3cc(F)c(S(C)(=O)=O)cc3F)CCO4)cc2[nH]1. The molecule has 1 amide bonds. The van der Waals surface area contributed by atoms with Crippen LogP contribution in [-0.2, 0) is 16.4 Å². The molecule has 1 aliphatic rings. The van der Waals surface area contributed by atoms with Gasteiger partial charge in [0.05, 0.1) is 12.1 Å². The Morgan fingerprint density at radius 1 is 1.00 bits per heavy atom. The molecule has 1 aromatic heterocycles. The van der Waals surface area contributed by atoms with Crippen LogP contribution in [0, 0.1) is 18.6 Å². The molecule has 0 radical (unpaired) electrons. The van der Waals surface area contributed by atoms with Crippen molar-refractivity contribution in [3.8, 4) is 16.9 Å². The zero-order chi connectivity index (χ0) is 24.9. The monoisotopic (exact) mass is 496 g/mol. The number of aryl methyl sites for hydroxylation is 1. The summed E-state index contributed by atoms with van der Waals surface area (Å²) in [5, 5.41) is 1.11. The first-order chi connectivity index (χ1) is 16.6. The standard InChI is InChI=1S/C26H22F2N2O4S/c1-15-9-18-4-3-17(11-23(18)29-15)16-5-6-24-19(10-16)14-30(7-8-34-24)26(31)20-12-22(28)25(13-21(20)27)35(2,32)33/h3-6,9-13,29H,7-8,14H2,1-2H3. The van der Waals surface area contributed by atoms with Gasteiger partial charge in [-0.2, -0.15) is 0 Å². The number of fused-ring (bicyclic) bond motifs is 2. The first-order valence-electron chi connectivity index (χ1n) is 10.9. The highest BCUT2D eigenvalue weighted by molar-refractivity contribution is 7.90. The molecule has 0 bridgehead atoms. The number of benzene rings is 3. The van der Waals surface area contributed by atoms with Crippen LogP contribution in [-0.4, -0.2) is 43.6 Å². The molecule has 3 aromatic carbocycles. The highest BCUT2D eigenvalue weighted by Gasteiger charge is 2.26. The van der Waals surface area contributed by atoms with Gasteiger partial charge in [0, 0.05) is 29.6 Å². The van der Waals surface area contributed by atoms with Crippen molar-refractivity contribution in [2.45, 2.75) is 18.4 Å². The molecule has 0 atom stereocenters. The largest absolute Gasteiger partial charge is 0.491 e. The lowest BCUT2D eigenvalue weighted by atomic mass is 10.0. The molecule has 1 aliphatic heterocycles. The third-order valence-electron chi connectivity index (χ3n) is 6.07. The van der Waals surface area contributed by atoms with E-state index in [9.17, 15) is 22.0 Å². The predicted molar refractivity (Wildman–Crippen MR) is 128 cm³/mol. The Morgan fingerprint density at radius 2 is 1.74 bits per heavy atom. The molecule has 0 saturated carbocycles. The molecule has 0 unspecified atom stereocenters. The van der Waals surface area contributed by atoms with E-state index >= 15 is 0 Å². The van der Waals surface area contributed by atoms with Gasteiger partial charge in [-0.1, -0.05) is 18.2 Å². The Balaban J connectivity index is 1.47. The molecule has 6 nitrogen and oxygen atoms in total. The zero-order valence-electron chi connectivity index (χ0n) is 19.1. The van der Waals surface area contributed by atoms with E-state index in [1.54, 1.807) is 0 Å². The maximum Gasteiger partial charge on any atom is 0.257 e. The lowest BCUT2D eigenvalue weighted by molar-refractivity contribution is 0.0727. The first-order valence-corrected chi connectivity index (χ1v) is 12.8. The summed E-state index contributed by atoms with van der Waals surface area (Å²) in [6.07, 6.45) is 0.780. The smallest absolute Gasteiger partial charge is 0.257 e. The number of amides is 1. The van der Waals surface area contributed by atoms with Crippen molar-refractivity contribution in [1.29, 1.82) is 0 Å². The summed E-state index contributed by atoms with van der Waals surface area (Å²) < 4.78 is 58.2. The average Bonchev–Trinajstić information content (AvgIpc) is 3.04. The Bertz CT molecular complexity index is 1590. The summed E-state index contributed by atoms with van der Waals surface area (Å²) >= 11 is 0. The second-order valence-corrected chi connectivity index (χ2v) is 10.7. The highest BCUT2D eigenvalue weighted by atomic mass is 32.2. The van der Waals surface area contributed by atoms with Crippen LogP contribution in [0.25, 0.3) is 22.0 Å². The third kappa shape index (κ3) is 4.39. The van der Waals surface area contributed by atoms with Gasteiger partial charge in [0.1, 0.15) is 28.9 Å². The van der Waals surface area contributed by atoms with E-state index in [-0.39, 0.29) is 19.7 Å². The van der Waals surface area contributed by atoms with Crippen molar-refractivity contribution < 1.29 is 26.7 Å². The molecular formula is C26H22F2N2O4S. The van der Waals surface area contributed by atoms with Crippen LogP contribution in [0.3, 0.4) is 0 Å². The number of hydrogen-bond donors (Lipinski definition) is 1. The summed E-state index contributed by atoms with van der Waals surface area (Å²) in [5.74, 6) is -2.39. The van der Waals surface area contributed by atoms with Gasteiger partial charge in [-0.3, -0.25) is 4.79 Å². The summed E-state index contributed by atoms with van der Waals surface area (Å²) in [6, 6.07) is 15.0. The lowest BCUT2D eigenvalue weighted by Gasteiger charge is -2.21. The van der Waals surface area contributed by atoms with Gasteiger partial charge < -0.3 is 14.6 Å². The molecule has 180 valence electrons. The molecule has 0 spiro atoms. The zero-order valence-corrected chi connectivity index (χ0v) is 19.9. The Hall–Kier alpha value is -3.72. The second kappa shape index (κ2) is 8.49. The topological polar surface area (TPSA) is 79.5 Å². The van der Waals surface area contributed by atoms with E-state index in [0.717, 1.165) is 39.5 Å². The van der Waals surface area contributed by atoms with Gasteiger partial charge in [0.15, 0.2) is 9.84 Å². The minimum absolute atomic E-state index is 0.126. The minimum atomic E-state index is -3.97. The molecule has 1 N–H and O–H groups in total. The number of carbonyl (C=O) groups excluding carboxylic acids is 1. The summed E-state index contributed by atoms with van der Waals surface area (Å²) in [6.45, 7) is 2.46. The molecule has 5 rings (SSSR count). The van der Waals surface area contributed by atoms with Crippen LogP contribution in [0.1, 0.15) is 21.6 Å². The summed E-state index contributed by atoms with van der Waals surface area (Å²) in [7, 11) is -3.97. The van der Waals surface area contributed by atoms with E-state index in [1.807, 2.05) is 43.3 Å². The van der Waals surface area contributed by atoms with Crippen LogP contribution in [0.15, 0.2) is 59.5 Å². The van der Waals surface area contributed by atoms with Gasteiger partial charge in [0.25, 0.3) is 5.91 Å². The fraction of sp³-hybridized carbons (Fsp3) is 0.192. The number of ether oxygens (including phenoxy) is 1. The van der Waals surface area contributed by atoms with Gasteiger partial charge in [-0.15, -0.1) is 0 Å².